The van der Waals surface area contributed by atoms with E-state index in [1.54, 1.807) is 0 Å². The molecule has 12 heavy (non-hydrogen) atoms. The van der Waals surface area contributed by atoms with Crippen LogP contribution < -0.4 is 0 Å². The Balaban J connectivity index is 3.60. The monoisotopic (exact) mass is 304 g/mol. The largest absolute Gasteiger partial charge is 0.504 e. The van der Waals surface area contributed by atoms with Crippen molar-refractivity contribution in [3.63, 3.8) is 0 Å². The highest BCUT2D eigenvalue weighted by Crippen LogP contribution is 2.36. The number of benzene rings is 1. The van der Waals surface area contributed by atoms with Gasteiger partial charge in [-0.05, 0) is 31.9 Å². The molecule has 0 radical (unpaired) electrons. The fraction of sp³-hybridized carbons (Fsp3) is 0. The highest BCUT2D eigenvalue weighted by molar-refractivity contribution is 9.11. The summed E-state index contributed by atoms with van der Waals surface area (Å²) in [6.45, 7) is 0. The molecule has 0 spiro atoms. The lowest BCUT2D eigenvalue weighted by Gasteiger charge is -2.03. The van der Waals surface area contributed by atoms with Crippen molar-refractivity contribution in [3.8, 4) is 5.75 Å². The molecular formula is C6HBr2F3O. The Hall–Kier alpha value is -0.230. The lowest BCUT2D eigenvalue weighted by Crippen LogP contribution is -1.92. The quantitative estimate of drug-likeness (QED) is 0.576. The van der Waals surface area contributed by atoms with E-state index in [0.717, 1.165) is 0 Å². The van der Waals surface area contributed by atoms with Crippen LogP contribution >= 0.6 is 31.9 Å². The Kier molecular flexibility index (Phi) is 2.67. The average Bonchev–Trinajstić information content (AvgIpc) is 2.08. The van der Waals surface area contributed by atoms with Crippen molar-refractivity contribution < 1.29 is 18.3 Å². The second-order valence-electron chi connectivity index (χ2n) is 1.92. The van der Waals surface area contributed by atoms with Crippen molar-refractivity contribution >= 4 is 31.9 Å². The standard InChI is InChI=1S/C6HBr2F3O/c7-1-3(9)4(10)2(8)6(12)5(1)11/h12H. The lowest BCUT2D eigenvalue weighted by atomic mass is 10.3. The van der Waals surface area contributed by atoms with Gasteiger partial charge in [-0.1, -0.05) is 0 Å². The highest BCUT2D eigenvalue weighted by Gasteiger charge is 2.21. The molecule has 1 nitrogen and oxygen atoms in total. The fourth-order valence-corrected chi connectivity index (χ4v) is 1.30. The SMILES string of the molecule is Oc1c(F)c(Br)c(F)c(F)c1Br. The molecule has 1 rings (SSSR count). The molecule has 0 unspecified atom stereocenters. The maximum atomic E-state index is 12.7. The van der Waals surface area contributed by atoms with E-state index in [0.29, 0.717) is 0 Å². The Bertz CT molecular complexity index is 235. The van der Waals surface area contributed by atoms with Gasteiger partial charge in [-0.25, -0.2) is 13.2 Å². The van der Waals surface area contributed by atoms with Gasteiger partial charge in [-0.3, -0.25) is 0 Å². The summed E-state index contributed by atoms with van der Waals surface area (Å²) in [6.07, 6.45) is 0. The van der Waals surface area contributed by atoms with Crippen LogP contribution in [-0.4, -0.2) is 5.11 Å². The molecule has 0 saturated carbocycles. The van der Waals surface area contributed by atoms with Crippen LogP contribution in [0.15, 0.2) is 8.95 Å². The maximum Gasteiger partial charge on any atom is 0.183 e. The summed E-state index contributed by atoms with van der Waals surface area (Å²) in [5.41, 5.74) is 0. The van der Waals surface area contributed by atoms with Gasteiger partial charge in [0.25, 0.3) is 0 Å². The molecule has 1 aromatic rings. The van der Waals surface area contributed by atoms with Gasteiger partial charge in [-0.15, -0.1) is 0 Å². The first kappa shape index (κ1) is 9.85. The number of rotatable bonds is 0. The van der Waals surface area contributed by atoms with Crippen LogP contribution in [0.5, 0.6) is 5.75 Å². The van der Waals surface area contributed by atoms with Crippen molar-refractivity contribution in [2.24, 2.45) is 0 Å². The number of aromatic hydroxyl groups is 1. The zero-order chi connectivity index (χ0) is 9.46. The summed E-state index contributed by atoms with van der Waals surface area (Å²) in [6, 6.07) is 0. The lowest BCUT2D eigenvalue weighted by molar-refractivity contribution is 0.403. The van der Waals surface area contributed by atoms with E-state index < -0.39 is 32.1 Å². The van der Waals surface area contributed by atoms with Crippen LogP contribution in [0, 0.1) is 17.5 Å². The maximum absolute atomic E-state index is 12.7. The van der Waals surface area contributed by atoms with Gasteiger partial charge in [-0.2, -0.15) is 0 Å². The van der Waals surface area contributed by atoms with Gasteiger partial charge in [0.1, 0.15) is 4.47 Å². The van der Waals surface area contributed by atoms with Crippen molar-refractivity contribution in [2.75, 3.05) is 0 Å². The molecule has 0 aliphatic carbocycles. The van der Waals surface area contributed by atoms with Gasteiger partial charge in [0.2, 0.25) is 0 Å². The Morgan fingerprint density at radius 1 is 0.833 bits per heavy atom. The molecule has 0 aliphatic heterocycles. The molecule has 0 saturated heterocycles. The van der Waals surface area contributed by atoms with E-state index in [2.05, 4.69) is 31.9 Å². The third-order valence-electron chi connectivity index (χ3n) is 1.19. The summed E-state index contributed by atoms with van der Waals surface area (Å²) in [5.74, 6) is -4.90. The minimum atomic E-state index is -1.38. The van der Waals surface area contributed by atoms with Crippen molar-refractivity contribution in [1.82, 2.24) is 0 Å². The van der Waals surface area contributed by atoms with Crippen LogP contribution in [0.4, 0.5) is 13.2 Å². The molecule has 0 aliphatic rings. The molecule has 1 N–H and O–H groups in total. The first-order chi connectivity index (χ1) is 5.46. The number of halogens is 5. The molecule has 0 aromatic heterocycles. The van der Waals surface area contributed by atoms with Gasteiger partial charge in [0.15, 0.2) is 23.2 Å². The zero-order valence-corrected chi connectivity index (χ0v) is 8.51. The number of phenolic OH excluding ortho intramolecular Hbond substituents is 1. The van der Waals surface area contributed by atoms with Crippen LogP contribution in [0.3, 0.4) is 0 Å². The van der Waals surface area contributed by atoms with Gasteiger partial charge >= 0.3 is 0 Å². The summed E-state index contributed by atoms with van der Waals surface area (Å²) in [4.78, 5) is 0. The van der Waals surface area contributed by atoms with Crippen molar-refractivity contribution in [3.05, 3.63) is 26.4 Å². The van der Waals surface area contributed by atoms with Crippen molar-refractivity contribution in [1.29, 1.82) is 0 Å². The fourth-order valence-electron chi connectivity index (χ4n) is 0.593. The number of hydrogen-bond acceptors (Lipinski definition) is 1. The molecule has 6 heteroatoms. The summed E-state index contributed by atoms with van der Waals surface area (Å²) < 4.78 is 36.6. The second-order valence-corrected chi connectivity index (χ2v) is 3.50. The Labute approximate surface area is 82.5 Å². The predicted octanol–water partition coefficient (Wildman–Crippen LogP) is 3.33. The second kappa shape index (κ2) is 3.26. The number of phenols is 1. The Morgan fingerprint density at radius 2 is 1.25 bits per heavy atom. The van der Waals surface area contributed by atoms with E-state index in [4.69, 9.17) is 5.11 Å². The van der Waals surface area contributed by atoms with Crippen LogP contribution in [-0.2, 0) is 0 Å². The first-order valence-electron chi connectivity index (χ1n) is 2.67. The topological polar surface area (TPSA) is 20.2 Å². The minimum Gasteiger partial charge on any atom is -0.504 e. The average molecular weight is 306 g/mol. The van der Waals surface area contributed by atoms with E-state index >= 15 is 0 Å². The third kappa shape index (κ3) is 1.33. The first-order valence-corrected chi connectivity index (χ1v) is 4.25. The molecule has 0 heterocycles. The highest BCUT2D eigenvalue weighted by atomic mass is 79.9. The summed E-state index contributed by atoms with van der Waals surface area (Å²) >= 11 is 4.93. The predicted molar refractivity (Wildman–Crippen MR) is 43.4 cm³/mol. The van der Waals surface area contributed by atoms with Crippen LogP contribution in [0.25, 0.3) is 0 Å². The normalized spacial score (nSPS) is 10.4. The summed E-state index contributed by atoms with van der Waals surface area (Å²) in [5, 5.41) is 8.83. The van der Waals surface area contributed by atoms with Gasteiger partial charge < -0.3 is 5.11 Å². The molecule has 0 bridgehead atoms. The molecule has 0 amide bonds. The van der Waals surface area contributed by atoms with E-state index in [1.165, 1.54) is 0 Å². The van der Waals surface area contributed by atoms with E-state index in [1.807, 2.05) is 0 Å². The zero-order valence-electron chi connectivity index (χ0n) is 5.34. The molecule has 1 aromatic carbocycles. The smallest absolute Gasteiger partial charge is 0.183 e. The molecule has 66 valence electrons. The number of hydrogen-bond donors (Lipinski definition) is 1. The van der Waals surface area contributed by atoms with Gasteiger partial charge in [0.05, 0.1) is 4.47 Å². The van der Waals surface area contributed by atoms with Crippen molar-refractivity contribution in [2.45, 2.75) is 0 Å². The van der Waals surface area contributed by atoms with Crippen LogP contribution in [0.1, 0.15) is 0 Å². The van der Waals surface area contributed by atoms with Crippen LogP contribution in [0.2, 0.25) is 0 Å². The Morgan fingerprint density at radius 3 is 1.75 bits per heavy atom. The van der Waals surface area contributed by atoms with Gasteiger partial charge in [0, 0.05) is 0 Å². The third-order valence-corrected chi connectivity index (χ3v) is 2.61. The summed E-state index contributed by atoms with van der Waals surface area (Å²) in [7, 11) is 0. The minimum absolute atomic E-state index is 0.624. The van der Waals surface area contributed by atoms with E-state index in [9.17, 15) is 13.2 Å². The molecule has 0 fully saturated rings. The molecule has 0 atom stereocenters. The molecular weight excluding hydrogens is 305 g/mol. The van der Waals surface area contributed by atoms with E-state index in [-0.39, 0.29) is 0 Å².